The zero-order valence-electron chi connectivity index (χ0n) is 37.9. The van der Waals surface area contributed by atoms with Gasteiger partial charge in [0.05, 0.1) is 5.41 Å². The van der Waals surface area contributed by atoms with Crippen LogP contribution in [0.5, 0.6) is 0 Å². The van der Waals surface area contributed by atoms with Crippen LogP contribution in [0, 0.1) is 0 Å². The van der Waals surface area contributed by atoms with Crippen LogP contribution < -0.4 is 0 Å². The van der Waals surface area contributed by atoms with Crippen LogP contribution in [0.15, 0.2) is 231 Å². The van der Waals surface area contributed by atoms with E-state index in [2.05, 4.69) is 244 Å². The van der Waals surface area contributed by atoms with Crippen molar-refractivity contribution in [2.75, 3.05) is 0 Å². The zero-order valence-corrected chi connectivity index (χ0v) is 37.9. The van der Waals surface area contributed by atoms with E-state index < -0.39 is 5.41 Å². The minimum Gasteiger partial charge on any atom is -0.0619 e. The van der Waals surface area contributed by atoms with Gasteiger partial charge in [-0.3, -0.25) is 0 Å². The van der Waals surface area contributed by atoms with Crippen LogP contribution in [0.4, 0.5) is 0 Å². The van der Waals surface area contributed by atoms with Gasteiger partial charge in [-0.25, -0.2) is 0 Å². The average Bonchev–Trinajstić information content (AvgIpc) is 3.70. The van der Waals surface area contributed by atoms with Crippen molar-refractivity contribution >= 4 is 75.4 Å². The van der Waals surface area contributed by atoms with E-state index in [0.29, 0.717) is 0 Å². The molecule has 0 heteroatoms. The first-order chi connectivity index (χ1) is 33.5. The molecule has 2 aliphatic carbocycles. The maximum atomic E-state index is 2.60. The standard InChI is InChI=1S/C68H44/c1-67(2)60-27-13-15-29-62(60)68(63-30-16-14-28-61(63)67)64-39-42(41-31-34-53-48-21-5-3-17-44(48)46-19-7-9-23-50(46)58(53)37-41)32-36-56(64)66-55-26-12-11-25-52(55)57(40-65(66)68)43-33-35-54-49-22-6-4-18-45(49)47-20-8-10-24-51(47)59(54)38-43/h3-40H,1-2H3. The second kappa shape index (κ2) is 13.6. The molecule has 2 aliphatic rings. The third kappa shape index (κ3) is 4.84. The third-order valence-corrected chi connectivity index (χ3v) is 16.3. The molecule has 0 atom stereocenters. The lowest BCUT2D eigenvalue weighted by Crippen LogP contribution is -2.40. The predicted molar refractivity (Wildman–Crippen MR) is 289 cm³/mol. The summed E-state index contributed by atoms with van der Waals surface area (Å²) in [6.45, 7) is 4.84. The maximum absolute atomic E-state index is 2.60. The molecule has 0 fully saturated rings. The van der Waals surface area contributed by atoms with Crippen LogP contribution >= 0.6 is 0 Å². The second-order valence-electron chi connectivity index (χ2n) is 19.8. The molecule has 13 aromatic rings. The van der Waals surface area contributed by atoms with Crippen LogP contribution in [0.1, 0.15) is 47.2 Å². The van der Waals surface area contributed by atoms with Crippen LogP contribution in [0.3, 0.4) is 0 Å². The molecule has 68 heavy (non-hydrogen) atoms. The van der Waals surface area contributed by atoms with E-state index in [4.69, 9.17) is 0 Å². The second-order valence-corrected chi connectivity index (χ2v) is 19.8. The fourth-order valence-corrected chi connectivity index (χ4v) is 13.3. The molecule has 0 aromatic heterocycles. The Morgan fingerprint density at radius 1 is 0.221 bits per heavy atom. The quantitative estimate of drug-likeness (QED) is 0.152. The Kier molecular flexibility index (Phi) is 7.59. The highest BCUT2D eigenvalue weighted by molar-refractivity contribution is 6.27. The summed E-state index contributed by atoms with van der Waals surface area (Å²) in [5.74, 6) is 0. The molecule has 15 rings (SSSR count). The van der Waals surface area contributed by atoms with Crippen molar-refractivity contribution in [2.24, 2.45) is 0 Å². The SMILES string of the molecule is CC1(C)c2ccccc2C2(c3cc(-c4ccc5c6ccccc6c6ccccc6c5c4)ccc3-c3c2cc(-c2ccc4c5ccccc5c5ccccc5c4c2)c2ccccc32)c2ccccc21. The molecule has 0 bridgehead atoms. The summed E-state index contributed by atoms with van der Waals surface area (Å²) >= 11 is 0. The van der Waals surface area contributed by atoms with Crippen molar-refractivity contribution in [3.8, 4) is 33.4 Å². The minimum absolute atomic E-state index is 0.205. The van der Waals surface area contributed by atoms with E-state index in [1.807, 2.05) is 0 Å². The number of benzene rings is 13. The maximum Gasteiger partial charge on any atom is 0.0720 e. The average molecular weight is 861 g/mol. The zero-order chi connectivity index (χ0) is 44.9. The highest BCUT2D eigenvalue weighted by Gasteiger charge is 2.54. The van der Waals surface area contributed by atoms with Crippen LogP contribution in [0.2, 0.25) is 0 Å². The summed E-state index contributed by atoms with van der Waals surface area (Å²) in [7, 11) is 0. The fourth-order valence-electron chi connectivity index (χ4n) is 13.3. The largest absolute Gasteiger partial charge is 0.0720 e. The van der Waals surface area contributed by atoms with Crippen molar-refractivity contribution < 1.29 is 0 Å². The van der Waals surface area contributed by atoms with Crippen LogP contribution in [0.25, 0.3) is 109 Å². The van der Waals surface area contributed by atoms with Gasteiger partial charge in [0, 0.05) is 5.41 Å². The molecule has 1 spiro atoms. The molecule has 0 amide bonds. The molecule has 0 unspecified atom stereocenters. The summed E-state index contributed by atoms with van der Waals surface area (Å²) < 4.78 is 0. The Morgan fingerprint density at radius 2 is 0.574 bits per heavy atom. The van der Waals surface area contributed by atoms with Gasteiger partial charge >= 0.3 is 0 Å². The van der Waals surface area contributed by atoms with Gasteiger partial charge in [0.2, 0.25) is 0 Å². The normalized spacial score (nSPS) is 14.3. The fraction of sp³-hybridized carbons (Fsp3) is 0.0588. The van der Waals surface area contributed by atoms with Gasteiger partial charge in [0.25, 0.3) is 0 Å². The van der Waals surface area contributed by atoms with E-state index in [1.54, 1.807) is 0 Å². The number of hydrogen-bond donors (Lipinski definition) is 0. The highest BCUT2D eigenvalue weighted by atomic mass is 14.5. The van der Waals surface area contributed by atoms with Gasteiger partial charge in [-0.05, 0) is 166 Å². The molecule has 0 heterocycles. The first-order valence-corrected chi connectivity index (χ1v) is 24.1. The summed E-state index contributed by atoms with van der Waals surface area (Å²) in [6.07, 6.45) is 0. The molecule has 0 aliphatic heterocycles. The van der Waals surface area contributed by atoms with Gasteiger partial charge in [0.15, 0.2) is 0 Å². The van der Waals surface area contributed by atoms with Crippen molar-refractivity contribution in [1.29, 1.82) is 0 Å². The van der Waals surface area contributed by atoms with Gasteiger partial charge < -0.3 is 0 Å². The lowest BCUT2D eigenvalue weighted by molar-refractivity contribution is 0.563. The summed E-state index contributed by atoms with van der Waals surface area (Å²) in [4.78, 5) is 0. The summed E-state index contributed by atoms with van der Waals surface area (Å²) in [6, 6.07) is 87.9. The van der Waals surface area contributed by atoms with E-state index in [-0.39, 0.29) is 5.41 Å². The summed E-state index contributed by atoms with van der Waals surface area (Å²) in [5, 5.41) is 18.1. The smallest absolute Gasteiger partial charge is 0.0619 e. The van der Waals surface area contributed by atoms with E-state index in [9.17, 15) is 0 Å². The van der Waals surface area contributed by atoms with Crippen molar-refractivity contribution in [2.45, 2.75) is 24.7 Å². The molecule has 0 nitrogen and oxygen atoms in total. The number of hydrogen-bond acceptors (Lipinski definition) is 0. The predicted octanol–water partition coefficient (Wildman–Crippen LogP) is 18.1. The van der Waals surface area contributed by atoms with Gasteiger partial charge in [0.1, 0.15) is 0 Å². The Hall–Kier alpha value is -8.32. The van der Waals surface area contributed by atoms with Crippen molar-refractivity contribution in [1.82, 2.24) is 0 Å². The lowest BCUT2D eigenvalue weighted by atomic mass is 9.55. The first kappa shape index (κ1) is 37.9. The highest BCUT2D eigenvalue weighted by Crippen LogP contribution is 2.64. The first-order valence-electron chi connectivity index (χ1n) is 24.1. The van der Waals surface area contributed by atoms with E-state index >= 15 is 0 Å². The van der Waals surface area contributed by atoms with Gasteiger partial charge in [-0.15, -0.1) is 0 Å². The minimum atomic E-state index is -0.582. The number of rotatable bonds is 2. The Morgan fingerprint density at radius 3 is 1.07 bits per heavy atom. The number of fused-ring (bicyclic) bond motifs is 23. The Labute approximate surface area is 395 Å². The molecule has 0 saturated carbocycles. The molecule has 0 radical (unpaired) electrons. The lowest BCUT2D eigenvalue weighted by Gasteiger charge is -2.46. The molecule has 0 saturated heterocycles. The Balaban J connectivity index is 1.05. The molecular formula is C68H44. The van der Waals surface area contributed by atoms with E-state index in [1.165, 1.54) is 142 Å². The van der Waals surface area contributed by atoms with Gasteiger partial charge in [-0.2, -0.15) is 0 Å². The van der Waals surface area contributed by atoms with Crippen molar-refractivity contribution in [3.63, 3.8) is 0 Å². The van der Waals surface area contributed by atoms with E-state index in [0.717, 1.165) is 0 Å². The monoisotopic (exact) mass is 860 g/mol. The van der Waals surface area contributed by atoms with Crippen molar-refractivity contribution in [3.05, 3.63) is 264 Å². The van der Waals surface area contributed by atoms with Gasteiger partial charge in [-0.1, -0.05) is 220 Å². The Bertz CT molecular complexity index is 4230. The summed E-state index contributed by atoms with van der Waals surface area (Å²) in [5.41, 5.74) is 15.0. The molecular weight excluding hydrogens is 817 g/mol. The molecule has 0 N–H and O–H groups in total. The van der Waals surface area contributed by atoms with Crippen LogP contribution in [-0.2, 0) is 10.8 Å². The topological polar surface area (TPSA) is 0 Å². The molecule has 13 aromatic carbocycles. The third-order valence-electron chi connectivity index (χ3n) is 16.3. The van der Waals surface area contributed by atoms with Crippen LogP contribution in [-0.4, -0.2) is 0 Å². The molecule has 316 valence electrons.